The fourth-order valence-electron chi connectivity index (χ4n) is 2.52. The molecule has 0 aliphatic rings. The van der Waals surface area contributed by atoms with Gasteiger partial charge in [-0.25, -0.2) is 9.98 Å². The number of aliphatic imine (C=N–C) groups is 1. The third kappa shape index (κ3) is 2.82. The fraction of sp³-hybridized carbons (Fsp3) is 0.125. The molecule has 0 amide bonds. The quantitative estimate of drug-likeness (QED) is 0.255. The Kier molecular flexibility index (Phi) is 4.21. The molecule has 0 radical (unpaired) electrons. The normalized spacial score (nSPS) is 12.6. The first-order valence-corrected chi connectivity index (χ1v) is 7.23. The van der Waals surface area contributed by atoms with Crippen molar-refractivity contribution in [2.24, 2.45) is 10.1 Å². The minimum absolute atomic E-state index is 0.0305. The van der Waals surface area contributed by atoms with E-state index in [1.54, 1.807) is 24.3 Å². The van der Waals surface area contributed by atoms with Gasteiger partial charge in [-0.05, 0) is 25.5 Å². The summed E-state index contributed by atoms with van der Waals surface area (Å²) in [5, 5.41) is 29.7. The Balaban J connectivity index is 2.12. The first kappa shape index (κ1) is 15.6. The molecule has 0 saturated carbocycles. The van der Waals surface area contributed by atoms with Gasteiger partial charge < -0.3 is 5.21 Å². The molecule has 3 aromatic rings. The Morgan fingerprint density at radius 3 is 2.62 bits per heavy atom. The second kappa shape index (κ2) is 6.47. The van der Waals surface area contributed by atoms with Crippen molar-refractivity contribution in [1.82, 2.24) is 20.7 Å². The summed E-state index contributed by atoms with van der Waals surface area (Å²) < 4.78 is 0. The van der Waals surface area contributed by atoms with Crippen molar-refractivity contribution in [3.8, 4) is 0 Å². The number of nitrogens with zero attached hydrogens (tertiary/aromatic N) is 4. The summed E-state index contributed by atoms with van der Waals surface area (Å²) in [6, 6.07) is 10.8. The topological polar surface area (TPSA) is 119 Å². The molecule has 24 heavy (non-hydrogen) atoms. The molecule has 0 spiro atoms. The van der Waals surface area contributed by atoms with Gasteiger partial charge >= 0.3 is 0 Å². The summed E-state index contributed by atoms with van der Waals surface area (Å²) >= 11 is 0. The molecule has 122 valence electrons. The Labute approximate surface area is 137 Å². The lowest BCUT2D eigenvalue weighted by atomic mass is 10.1. The van der Waals surface area contributed by atoms with Crippen LogP contribution in [0, 0.1) is 13.8 Å². The van der Waals surface area contributed by atoms with Crippen molar-refractivity contribution in [2.45, 2.75) is 13.8 Å². The van der Waals surface area contributed by atoms with Crippen LogP contribution >= 0.6 is 0 Å². The zero-order chi connectivity index (χ0) is 17.1. The van der Waals surface area contributed by atoms with E-state index >= 15 is 0 Å². The number of hydrogen-bond acceptors (Lipinski definition) is 6. The predicted octanol–water partition coefficient (Wildman–Crippen LogP) is 2.46. The van der Waals surface area contributed by atoms with Gasteiger partial charge in [-0.2, -0.15) is 5.10 Å². The molecule has 1 aromatic carbocycles. The van der Waals surface area contributed by atoms with Crippen molar-refractivity contribution in [3.63, 3.8) is 0 Å². The molecule has 2 heterocycles. The van der Waals surface area contributed by atoms with Crippen LogP contribution in [0.1, 0.15) is 16.8 Å². The van der Waals surface area contributed by atoms with Gasteiger partial charge in [0, 0.05) is 11.3 Å². The van der Waals surface area contributed by atoms with Crippen LogP contribution in [-0.4, -0.2) is 37.1 Å². The summed E-state index contributed by atoms with van der Waals surface area (Å²) in [7, 11) is 0. The number of aryl methyl sites for hydroxylation is 2. The molecule has 8 heteroatoms. The number of fused-ring (bicyclic) bond motifs is 1. The Hall–Kier alpha value is -3.26. The van der Waals surface area contributed by atoms with E-state index in [1.165, 1.54) is 0 Å². The SMILES string of the molecule is Cc1cc(C)c2c(N=C(NO)/C(=N/O)c3ccccc3)n[nH]c2n1. The number of aromatic nitrogens is 3. The third-order valence-electron chi connectivity index (χ3n) is 3.53. The number of benzene rings is 1. The number of aromatic amines is 1. The summed E-state index contributed by atoms with van der Waals surface area (Å²) in [5.74, 6) is 0.306. The molecule has 4 N–H and O–H groups in total. The zero-order valence-electron chi connectivity index (χ0n) is 13.1. The monoisotopic (exact) mass is 324 g/mol. The Morgan fingerprint density at radius 2 is 1.96 bits per heavy atom. The number of oxime groups is 1. The van der Waals surface area contributed by atoms with E-state index in [4.69, 9.17) is 0 Å². The van der Waals surface area contributed by atoms with Crippen LogP contribution in [0.5, 0.6) is 0 Å². The van der Waals surface area contributed by atoms with Gasteiger partial charge in [0.25, 0.3) is 0 Å². The van der Waals surface area contributed by atoms with E-state index < -0.39 is 0 Å². The first-order chi connectivity index (χ1) is 11.6. The number of pyridine rings is 1. The van der Waals surface area contributed by atoms with E-state index in [9.17, 15) is 10.4 Å². The molecule has 2 aromatic heterocycles. The van der Waals surface area contributed by atoms with Crippen LogP contribution in [0.4, 0.5) is 5.82 Å². The molecular weight excluding hydrogens is 308 g/mol. The highest BCUT2D eigenvalue weighted by Crippen LogP contribution is 2.26. The number of hydroxylamine groups is 1. The van der Waals surface area contributed by atoms with Gasteiger partial charge in [-0.3, -0.25) is 15.8 Å². The van der Waals surface area contributed by atoms with Crippen molar-refractivity contribution >= 4 is 28.4 Å². The molecule has 0 fully saturated rings. The van der Waals surface area contributed by atoms with Gasteiger partial charge in [-0.15, -0.1) is 0 Å². The highest BCUT2D eigenvalue weighted by atomic mass is 16.5. The number of nitrogens with one attached hydrogen (secondary N) is 2. The highest BCUT2D eigenvalue weighted by Gasteiger charge is 2.16. The summed E-state index contributed by atoms with van der Waals surface area (Å²) in [6.07, 6.45) is 0. The van der Waals surface area contributed by atoms with E-state index in [-0.39, 0.29) is 11.5 Å². The number of rotatable bonds is 3. The summed E-state index contributed by atoms with van der Waals surface area (Å²) in [4.78, 5) is 8.65. The minimum Gasteiger partial charge on any atom is -0.410 e. The number of H-pyrrole nitrogens is 1. The van der Waals surface area contributed by atoms with E-state index in [0.29, 0.717) is 17.0 Å². The zero-order valence-corrected chi connectivity index (χ0v) is 13.1. The predicted molar refractivity (Wildman–Crippen MR) is 90.1 cm³/mol. The maximum atomic E-state index is 9.45. The maximum Gasteiger partial charge on any atom is 0.185 e. The molecule has 0 aliphatic heterocycles. The van der Waals surface area contributed by atoms with Crippen molar-refractivity contribution in [2.75, 3.05) is 0 Å². The molecule has 0 bridgehead atoms. The molecule has 0 saturated heterocycles. The van der Waals surface area contributed by atoms with Gasteiger partial charge in [0.1, 0.15) is 0 Å². The molecule has 0 unspecified atom stereocenters. The minimum atomic E-state index is -0.0305. The average Bonchev–Trinajstić information content (AvgIpc) is 2.98. The summed E-state index contributed by atoms with van der Waals surface area (Å²) in [5.41, 5.74) is 5.06. The number of hydrogen-bond donors (Lipinski definition) is 4. The second-order valence-electron chi connectivity index (χ2n) is 5.24. The van der Waals surface area contributed by atoms with E-state index in [2.05, 4.69) is 25.3 Å². The molecular formula is C16H16N6O2. The molecule has 0 aliphatic carbocycles. The van der Waals surface area contributed by atoms with Crippen LogP contribution in [0.2, 0.25) is 0 Å². The molecule has 3 rings (SSSR count). The van der Waals surface area contributed by atoms with Crippen molar-refractivity contribution < 1.29 is 10.4 Å². The largest absolute Gasteiger partial charge is 0.410 e. The maximum absolute atomic E-state index is 9.45. The lowest BCUT2D eigenvalue weighted by Gasteiger charge is -2.06. The summed E-state index contributed by atoms with van der Waals surface area (Å²) in [6.45, 7) is 3.82. The Morgan fingerprint density at radius 1 is 1.21 bits per heavy atom. The van der Waals surface area contributed by atoms with Crippen LogP contribution in [-0.2, 0) is 0 Å². The molecule has 0 atom stereocenters. The van der Waals surface area contributed by atoms with E-state index in [0.717, 1.165) is 16.6 Å². The fourth-order valence-corrected chi connectivity index (χ4v) is 2.52. The first-order valence-electron chi connectivity index (χ1n) is 7.23. The van der Waals surface area contributed by atoms with E-state index in [1.807, 2.05) is 31.5 Å². The van der Waals surface area contributed by atoms with Crippen molar-refractivity contribution in [1.29, 1.82) is 0 Å². The standard InChI is InChI=1S/C16H16N6O2/c1-9-8-10(2)17-14-12(9)15(20-19-14)18-16(22-24)13(21-23)11-6-4-3-5-7-11/h3-8,23-24H,1-2H3,(H2,17,18,19,20,22)/b21-13+. The second-order valence-corrected chi connectivity index (χ2v) is 5.24. The number of amidine groups is 1. The highest BCUT2D eigenvalue weighted by molar-refractivity contribution is 6.47. The average molecular weight is 324 g/mol. The van der Waals surface area contributed by atoms with Gasteiger partial charge in [-0.1, -0.05) is 35.5 Å². The Bertz CT molecular complexity index is 930. The van der Waals surface area contributed by atoms with Crippen LogP contribution < -0.4 is 5.48 Å². The van der Waals surface area contributed by atoms with Gasteiger partial charge in [0.2, 0.25) is 0 Å². The van der Waals surface area contributed by atoms with Crippen LogP contribution in [0.25, 0.3) is 11.0 Å². The van der Waals surface area contributed by atoms with Crippen LogP contribution in [0.15, 0.2) is 46.5 Å². The van der Waals surface area contributed by atoms with Crippen molar-refractivity contribution in [3.05, 3.63) is 53.2 Å². The smallest absolute Gasteiger partial charge is 0.185 e. The third-order valence-corrected chi connectivity index (χ3v) is 3.53. The van der Waals surface area contributed by atoms with Gasteiger partial charge in [0.15, 0.2) is 23.0 Å². The van der Waals surface area contributed by atoms with Crippen LogP contribution in [0.3, 0.4) is 0 Å². The molecule has 8 nitrogen and oxygen atoms in total. The lowest BCUT2D eigenvalue weighted by molar-refractivity contribution is 0.236. The van der Waals surface area contributed by atoms with Gasteiger partial charge in [0.05, 0.1) is 5.39 Å². The lowest BCUT2D eigenvalue weighted by Crippen LogP contribution is -2.29.